The smallest absolute Gasteiger partial charge is 0.0623 e. The molecule has 4 heterocycles. The van der Waals surface area contributed by atoms with E-state index >= 15 is 4.79 Å². The predicted octanol–water partition coefficient (Wildman–Crippen LogP) is 25.2. The van der Waals surface area contributed by atoms with Crippen molar-refractivity contribution in [1.29, 1.82) is 0 Å². The molecule has 13 aromatic rings. The summed E-state index contributed by atoms with van der Waals surface area (Å²) in [6.07, 6.45) is 3.77. The number of anilines is 3. The van der Waals surface area contributed by atoms with Gasteiger partial charge in [0.2, 0.25) is 5.91 Å². The number of fused-ring (bicyclic) bond motifs is 11. The molecule has 13 aromatic carbocycles. The molecule has 2 saturated heterocycles. The number of carbonyl (C=O) groups is 9. The van der Waals surface area contributed by atoms with Gasteiger partial charge in [0.15, 0.2) is 17.3 Å². The number of hydrogen-bond donors (Lipinski definition) is 3. The Morgan fingerprint density at radius 2 is 0.690 bits per heavy atom. The zero-order valence-corrected chi connectivity index (χ0v) is 84.1. The largest absolute Gasteiger partial charge is 0.0623 e. The Morgan fingerprint density at radius 3 is 1.02 bits per heavy atom. The number of carbonyl (C=O) groups excluding carboxylic acids is 9. The molecule has 0 spiro atoms. The van der Waals surface area contributed by atoms with Gasteiger partial charge in [-0.25, -0.2) is 14.7 Å². The van der Waals surface area contributed by atoms with Crippen LogP contribution in [0.4, 0.5) is 17.1 Å². The zero-order valence-electron chi connectivity index (χ0n) is 81.0. The van der Waals surface area contributed by atoms with Gasteiger partial charge >= 0.3 is 11.3 Å². The number of rotatable bonds is 14. The second-order valence-corrected chi connectivity index (χ2v) is 38.9. The first-order chi connectivity index (χ1) is 68.4. The molecule has 0 aromatic heterocycles. The second kappa shape index (κ2) is 42.0. The van der Waals surface area contributed by atoms with Crippen LogP contribution in [-0.2, 0) is 48.4 Å². The quantitative estimate of drug-likeness (QED) is 0.0396. The Hall–Kier alpha value is -14.7. The number of hydrogen-bond acceptors (Lipinski definition) is 14. The Morgan fingerprint density at radius 1 is 0.380 bits per heavy atom. The monoisotopic (exact) mass is 2020 g/mol. The van der Waals surface area contributed by atoms with Crippen molar-refractivity contribution < 1.29 is 69.3 Å². The second-order valence-electron chi connectivity index (χ2n) is 36.8. The molecule has 4 bridgehead atoms. The van der Waals surface area contributed by atoms with E-state index in [1.165, 1.54) is 96.9 Å². The topological polar surface area (TPSA) is 256 Å². The summed E-state index contributed by atoms with van der Waals surface area (Å²) < 4.78 is 11.2. The van der Waals surface area contributed by atoms with Crippen molar-refractivity contribution in [3.8, 4) is 39.5 Å². The third-order valence-corrected chi connectivity index (χ3v) is 31.8. The fourth-order valence-electron chi connectivity index (χ4n) is 23.2. The Labute approximate surface area is 846 Å². The fraction of sp³-hybridized carbons (Fsp3) is 0.213. The summed E-state index contributed by atoms with van der Waals surface area (Å²) in [6.45, 7) is 32.3. The molecule has 22 rings (SSSR count). The van der Waals surface area contributed by atoms with Gasteiger partial charge in [0.25, 0.3) is 29.5 Å². The van der Waals surface area contributed by atoms with Gasteiger partial charge in [0, 0.05) is 20.7 Å². The molecule has 0 radical (unpaired) electrons. The summed E-state index contributed by atoms with van der Waals surface area (Å²) in [6, 6.07) is 110. The number of ketones is 3. The van der Waals surface area contributed by atoms with E-state index in [2.05, 4.69) is 133 Å². The van der Waals surface area contributed by atoms with Gasteiger partial charge in [-0.15, -0.1) is 0 Å². The number of Topliss-reactive ketones (excluding diaryl/α,β-unsaturated/α-hetero) is 3. The SMILES string of the molecule is C1CCOC1.CC12C(=O)C(C)(C(c3ccccc3)=C1c1ccccc1)C1(Br)C(=O)N(c3ccc(O)cc3)C(=O)C21.CC1=C(c2ccccc2)C2(c3ccccc3)C3(C)C(=O)C(C)(C(c4ccccc4)=C3c3ccccc3)C2(C)C1=O.CCN(CC)CC.Cc1c2c(c(C)c(-c3ccccc3)c1-c1ccccc1)C(=O)N(c1ccc(O)cc1)C2=O.O=C1C=C(Br)C(=O)N1c1ccc(O)cc1.[2HH].[C-]#[O+].c1ccccc1. The number of ether oxygens (including phenoxy) is 1. The molecule has 3 N–H and O–H groups in total. The summed E-state index contributed by atoms with van der Waals surface area (Å²) in [7, 11) is 0. The van der Waals surface area contributed by atoms with Gasteiger partial charge in [0.1, 0.15) is 21.6 Å². The third kappa shape index (κ3) is 16.7. The fourth-order valence-corrected chi connectivity index (χ4v) is 24.8. The number of imide groups is 3. The maximum Gasteiger partial charge on any atom is -0.0623 e. The van der Waals surface area contributed by atoms with Gasteiger partial charge < -0.3 is 25.0 Å². The van der Waals surface area contributed by atoms with Gasteiger partial charge in [-0.2, -0.15) is 0 Å². The molecule has 718 valence electrons. The molecular weight excluding hydrogens is 1910 g/mol. The molecule has 9 aliphatic rings. The number of alkyl halides is 1. The van der Waals surface area contributed by atoms with E-state index < -0.39 is 66.4 Å². The van der Waals surface area contributed by atoms with Crippen LogP contribution in [0, 0.1) is 53.5 Å². The molecule has 8 atom stereocenters. The first-order valence-corrected chi connectivity index (χ1v) is 49.0. The van der Waals surface area contributed by atoms with Crippen LogP contribution in [-0.4, -0.2) is 110 Å². The third-order valence-electron chi connectivity index (χ3n) is 29.6. The van der Waals surface area contributed by atoms with Crippen molar-refractivity contribution in [2.75, 3.05) is 47.5 Å². The molecule has 20 heteroatoms. The molecule has 8 unspecified atom stereocenters. The first-order valence-electron chi connectivity index (χ1n) is 47.4. The van der Waals surface area contributed by atoms with Crippen LogP contribution in [0.25, 0.3) is 50.1 Å². The van der Waals surface area contributed by atoms with E-state index in [9.17, 15) is 48.6 Å². The van der Waals surface area contributed by atoms with Crippen LogP contribution < -0.4 is 14.7 Å². The molecular formula is C122H112Br2N4O14. The summed E-state index contributed by atoms with van der Waals surface area (Å²) in [5.41, 5.74) is 12.2. The van der Waals surface area contributed by atoms with E-state index in [1.807, 2.05) is 258 Å². The van der Waals surface area contributed by atoms with Crippen LogP contribution in [0.3, 0.4) is 0 Å². The molecule has 142 heavy (non-hydrogen) atoms. The van der Waals surface area contributed by atoms with Crippen molar-refractivity contribution in [1.82, 2.24) is 4.90 Å². The van der Waals surface area contributed by atoms with E-state index in [0.717, 1.165) is 118 Å². The van der Waals surface area contributed by atoms with Gasteiger partial charge in [-0.05, 0) is 277 Å². The number of allylic oxidation sites excluding steroid dienone is 6. The molecule has 4 aliphatic heterocycles. The van der Waals surface area contributed by atoms with E-state index in [4.69, 9.17) is 14.5 Å². The van der Waals surface area contributed by atoms with Crippen molar-refractivity contribution >= 4 is 130 Å². The Bertz CT molecular complexity index is 7010. The van der Waals surface area contributed by atoms with Crippen LogP contribution >= 0.6 is 31.9 Å². The first kappa shape index (κ1) is 102. The number of nitrogens with zero attached hydrogens (tertiary/aromatic N) is 4. The summed E-state index contributed by atoms with van der Waals surface area (Å²) in [4.78, 5) is 129. The van der Waals surface area contributed by atoms with E-state index in [0.29, 0.717) is 28.2 Å². The van der Waals surface area contributed by atoms with Crippen LogP contribution in [0.1, 0.15) is 142 Å². The minimum atomic E-state index is -1.44. The average Bonchev–Trinajstić information content (AvgIpc) is 1.42. The van der Waals surface area contributed by atoms with Gasteiger partial charge in [0.05, 0.1) is 71.1 Å². The summed E-state index contributed by atoms with van der Waals surface area (Å²) in [5, 5.41) is 28.4. The maximum absolute atomic E-state index is 15.4. The van der Waals surface area contributed by atoms with Crippen molar-refractivity contribution in [3.05, 3.63) is 430 Å². The van der Waals surface area contributed by atoms with Crippen LogP contribution in [0.5, 0.6) is 17.2 Å². The number of phenols is 3. The standard InChI is InChI=1S/C38H32O2.C29H22BrNO4.C28H21NO3.C10H6BrNO3.C6H15N.C6H6.C4H8O.CO.H2/c1-25-30(26-17-9-5-10-18-26)38(29-23-15-8-16-24-29)36(3)32(28-21-13-7-14-22-28)31(27-19-11-6-12-20-27)35(2,34(36)40)37(38,4)33(25)39;1-27-21(17-9-5-3-6-10-17)22(18-11-7-4-8-12-18)28(2,25(27)34)29(30)23(27)24(33)31(26(29)35)19-13-15-20(32)16-14-19;1-17-23(19-9-5-3-6-10-19)24(20-11-7-4-8-12-20)18(2)26-25(17)27(31)29(28(26)32)21-13-15-22(30)16-14-21;11-8-5-9(14)12(10(8)15)6-1-3-7(13)4-2-6;1-4-7(5-2)6-3;1-2-4-6-5-3-1;1-2-4-5-3-1;1-2;/h5-24H,1-4H3;3-16,23,32H,1-2H3;3-16,30H,1-2H3;1-5,13H;4-6H2,1-3H3;1-6H;1-4H2;;1H/i;;;;;;;;1+1. The number of phenolic OH excluding ortho intramolecular Hbond substituents is 3. The number of benzene rings is 13. The van der Waals surface area contributed by atoms with E-state index in [-0.39, 0.29) is 52.3 Å². The molecule has 6 amide bonds. The van der Waals surface area contributed by atoms with Gasteiger partial charge in [-0.1, -0.05) is 316 Å². The number of aromatic hydroxyl groups is 3. The minimum Gasteiger partial charge on any atom is -0.0623 e. The normalized spacial score (nSPS) is 22.7. The summed E-state index contributed by atoms with van der Waals surface area (Å²) in [5.74, 6) is -3.00. The van der Waals surface area contributed by atoms with Gasteiger partial charge in [-0.3, -0.25) is 43.2 Å². The van der Waals surface area contributed by atoms with Crippen LogP contribution in [0.15, 0.2) is 368 Å². The van der Waals surface area contributed by atoms with Crippen molar-refractivity contribution in [3.63, 3.8) is 0 Å². The number of halogens is 2. The van der Waals surface area contributed by atoms with Crippen molar-refractivity contribution in [2.24, 2.45) is 33.0 Å². The molecule has 5 aliphatic carbocycles. The number of amides is 6. The zero-order chi connectivity index (χ0) is 102. The van der Waals surface area contributed by atoms with E-state index in [1.54, 1.807) is 31.2 Å². The molecule has 2 saturated carbocycles. The minimum absolute atomic E-state index is 0. The van der Waals surface area contributed by atoms with Crippen LogP contribution in [0.2, 0.25) is 0 Å². The Balaban J connectivity index is 0.000000145. The Kier molecular flexibility index (Phi) is 30.1. The van der Waals surface area contributed by atoms with Crippen molar-refractivity contribution in [2.45, 2.75) is 98.7 Å². The maximum atomic E-state index is 15.4. The molecule has 18 nitrogen and oxygen atoms in total. The summed E-state index contributed by atoms with van der Waals surface area (Å²) >= 11 is 6.74. The predicted molar refractivity (Wildman–Crippen MR) is 568 cm³/mol. The molecule has 4 fully saturated rings. The average molecular weight is 2020 g/mol.